The molecule has 0 saturated carbocycles. The van der Waals surface area contributed by atoms with E-state index in [9.17, 15) is 9.59 Å². The van der Waals surface area contributed by atoms with Gasteiger partial charge in [-0.05, 0) is 35.9 Å². The lowest BCUT2D eigenvalue weighted by Gasteiger charge is -2.37. The van der Waals surface area contributed by atoms with Crippen molar-refractivity contribution < 1.29 is 9.59 Å². The van der Waals surface area contributed by atoms with Gasteiger partial charge < -0.3 is 14.8 Å². The van der Waals surface area contributed by atoms with Crippen molar-refractivity contribution in [1.29, 1.82) is 0 Å². The van der Waals surface area contributed by atoms with Crippen molar-refractivity contribution in [1.82, 2.24) is 9.47 Å². The molecule has 0 radical (unpaired) electrons. The van der Waals surface area contributed by atoms with Gasteiger partial charge in [0.1, 0.15) is 0 Å². The lowest BCUT2D eigenvalue weighted by Crippen LogP contribution is -2.42. The highest BCUT2D eigenvalue weighted by Gasteiger charge is 2.32. The van der Waals surface area contributed by atoms with E-state index in [0.717, 1.165) is 17.8 Å². The van der Waals surface area contributed by atoms with E-state index in [2.05, 4.69) is 34.3 Å². The molecule has 1 N–H and O–H groups in total. The lowest BCUT2D eigenvalue weighted by atomic mass is 9.99. The Morgan fingerprint density at radius 1 is 0.963 bits per heavy atom. The molecule has 2 aromatic carbocycles. The Morgan fingerprint density at radius 3 is 2.56 bits per heavy atom. The number of hydrogen-bond donors (Lipinski definition) is 1. The molecule has 136 valence electrons. The molecule has 2 amide bonds. The zero-order chi connectivity index (χ0) is 18.8. The van der Waals surface area contributed by atoms with Crippen molar-refractivity contribution in [2.24, 2.45) is 0 Å². The van der Waals surface area contributed by atoms with Crippen molar-refractivity contribution in [3.05, 3.63) is 89.7 Å². The fourth-order valence-corrected chi connectivity index (χ4v) is 3.69. The molecule has 0 fully saturated rings. The number of rotatable bonds is 3. The van der Waals surface area contributed by atoms with Gasteiger partial charge in [-0.2, -0.15) is 0 Å². The molecule has 1 atom stereocenters. The Labute approximate surface area is 158 Å². The van der Waals surface area contributed by atoms with Gasteiger partial charge in [-0.25, -0.2) is 0 Å². The summed E-state index contributed by atoms with van der Waals surface area (Å²) in [7, 11) is 0. The highest BCUT2D eigenvalue weighted by atomic mass is 16.2. The summed E-state index contributed by atoms with van der Waals surface area (Å²) >= 11 is 0. The smallest absolute Gasteiger partial charge is 0.254 e. The molecule has 27 heavy (non-hydrogen) atoms. The third kappa shape index (κ3) is 3.36. The third-order valence-electron chi connectivity index (χ3n) is 4.84. The normalized spacial score (nSPS) is 15.9. The topological polar surface area (TPSA) is 54.3 Å². The molecule has 0 aliphatic carbocycles. The van der Waals surface area contributed by atoms with Gasteiger partial charge in [-0.1, -0.05) is 36.4 Å². The Hall–Kier alpha value is -3.34. The first kappa shape index (κ1) is 17.1. The summed E-state index contributed by atoms with van der Waals surface area (Å²) in [5.41, 5.74) is 3.40. The Kier molecular flexibility index (Phi) is 4.50. The minimum Gasteiger partial charge on any atom is -0.348 e. The maximum absolute atomic E-state index is 13.4. The standard InChI is InChI=1S/C22H21N3O2/c1-16(26)23-19-10-5-9-18(15-19)22(27)25-14-13-24-12-6-11-20(24)21(25)17-7-3-2-4-8-17/h2-12,15,21H,13-14H2,1H3,(H,23,26). The van der Waals surface area contributed by atoms with E-state index in [1.807, 2.05) is 29.2 Å². The minimum absolute atomic E-state index is 0.0384. The summed E-state index contributed by atoms with van der Waals surface area (Å²) < 4.78 is 2.20. The fourth-order valence-electron chi connectivity index (χ4n) is 3.69. The molecule has 5 nitrogen and oxygen atoms in total. The first-order chi connectivity index (χ1) is 13.1. The van der Waals surface area contributed by atoms with Gasteiger partial charge in [0, 0.05) is 43.2 Å². The van der Waals surface area contributed by atoms with Gasteiger partial charge >= 0.3 is 0 Å². The maximum atomic E-state index is 13.4. The third-order valence-corrected chi connectivity index (χ3v) is 4.84. The molecule has 2 heterocycles. The summed E-state index contributed by atoms with van der Waals surface area (Å²) in [6.07, 6.45) is 2.06. The number of carbonyl (C=O) groups is 2. The predicted molar refractivity (Wildman–Crippen MR) is 104 cm³/mol. The minimum atomic E-state index is -0.155. The van der Waals surface area contributed by atoms with Crippen LogP contribution in [0.1, 0.15) is 34.6 Å². The summed E-state index contributed by atoms with van der Waals surface area (Å²) in [6, 6.07) is 21.2. The van der Waals surface area contributed by atoms with Gasteiger partial charge in [0.25, 0.3) is 5.91 Å². The van der Waals surface area contributed by atoms with Crippen LogP contribution in [-0.2, 0) is 11.3 Å². The maximum Gasteiger partial charge on any atom is 0.254 e. The number of nitrogens with one attached hydrogen (secondary N) is 1. The van der Waals surface area contributed by atoms with Crippen LogP contribution in [-0.4, -0.2) is 27.8 Å². The average Bonchev–Trinajstić information content (AvgIpc) is 3.16. The second-order valence-corrected chi connectivity index (χ2v) is 6.70. The number of hydrogen-bond acceptors (Lipinski definition) is 2. The fraction of sp³-hybridized carbons (Fsp3) is 0.182. The van der Waals surface area contributed by atoms with E-state index in [0.29, 0.717) is 17.8 Å². The molecule has 1 aliphatic rings. The van der Waals surface area contributed by atoms with Crippen molar-refractivity contribution in [2.75, 3.05) is 11.9 Å². The Morgan fingerprint density at radius 2 is 1.78 bits per heavy atom. The SMILES string of the molecule is CC(=O)Nc1cccc(C(=O)N2CCn3cccc3C2c2ccccc2)c1. The molecule has 1 aromatic heterocycles. The summed E-state index contributed by atoms with van der Waals surface area (Å²) in [4.78, 5) is 26.6. The second kappa shape index (κ2) is 7.11. The van der Waals surface area contributed by atoms with Gasteiger partial charge in [-0.15, -0.1) is 0 Å². The van der Waals surface area contributed by atoms with Crippen LogP contribution in [0.2, 0.25) is 0 Å². The van der Waals surface area contributed by atoms with Gasteiger partial charge in [0.15, 0.2) is 0 Å². The van der Waals surface area contributed by atoms with E-state index >= 15 is 0 Å². The Balaban J connectivity index is 1.71. The van der Waals surface area contributed by atoms with Crippen LogP contribution in [0.3, 0.4) is 0 Å². The molecule has 0 bridgehead atoms. The Bertz CT molecular complexity index is 978. The van der Waals surface area contributed by atoms with Crippen LogP contribution < -0.4 is 5.32 Å². The summed E-state index contributed by atoms with van der Waals surface area (Å²) in [5, 5.41) is 2.74. The van der Waals surface area contributed by atoms with E-state index in [4.69, 9.17) is 0 Å². The van der Waals surface area contributed by atoms with Crippen LogP contribution in [0.15, 0.2) is 72.9 Å². The summed E-state index contributed by atoms with van der Waals surface area (Å²) in [6.45, 7) is 2.85. The number of aromatic nitrogens is 1. The van der Waals surface area contributed by atoms with E-state index < -0.39 is 0 Å². The van der Waals surface area contributed by atoms with Crippen LogP contribution in [0.4, 0.5) is 5.69 Å². The first-order valence-corrected chi connectivity index (χ1v) is 9.02. The molecule has 0 spiro atoms. The van der Waals surface area contributed by atoms with Crippen molar-refractivity contribution in [3.8, 4) is 0 Å². The van der Waals surface area contributed by atoms with Crippen LogP contribution >= 0.6 is 0 Å². The quantitative estimate of drug-likeness (QED) is 0.775. The number of fused-ring (bicyclic) bond motifs is 1. The zero-order valence-corrected chi connectivity index (χ0v) is 15.1. The first-order valence-electron chi connectivity index (χ1n) is 9.02. The van der Waals surface area contributed by atoms with E-state index in [1.165, 1.54) is 6.92 Å². The number of nitrogens with zero attached hydrogens (tertiary/aromatic N) is 2. The average molecular weight is 359 g/mol. The van der Waals surface area contributed by atoms with Crippen LogP contribution in [0.5, 0.6) is 0 Å². The molecular formula is C22H21N3O2. The molecular weight excluding hydrogens is 338 g/mol. The molecule has 3 aromatic rings. The molecule has 5 heteroatoms. The zero-order valence-electron chi connectivity index (χ0n) is 15.1. The highest BCUT2D eigenvalue weighted by Crippen LogP contribution is 2.33. The summed E-state index contributed by atoms with van der Waals surface area (Å²) in [5.74, 6) is -0.193. The number of benzene rings is 2. The number of anilines is 1. The monoisotopic (exact) mass is 359 g/mol. The van der Waals surface area contributed by atoms with Gasteiger partial charge in [0.2, 0.25) is 5.91 Å². The van der Waals surface area contributed by atoms with Gasteiger partial charge in [0.05, 0.1) is 6.04 Å². The van der Waals surface area contributed by atoms with Crippen molar-refractivity contribution in [3.63, 3.8) is 0 Å². The predicted octanol–water partition coefficient (Wildman–Crippen LogP) is 3.69. The molecule has 1 aliphatic heterocycles. The highest BCUT2D eigenvalue weighted by molar-refractivity contribution is 5.97. The largest absolute Gasteiger partial charge is 0.348 e. The van der Waals surface area contributed by atoms with E-state index in [1.54, 1.807) is 24.3 Å². The van der Waals surface area contributed by atoms with Gasteiger partial charge in [-0.3, -0.25) is 9.59 Å². The van der Waals surface area contributed by atoms with Crippen LogP contribution in [0, 0.1) is 0 Å². The van der Waals surface area contributed by atoms with E-state index in [-0.39, 0.29) is 17.9 Å². The molecule has 0 saturated heterocycles. The lowest BCUT2D eigenvalue weighted by molar-refractivity contribution is -0.114. The van der Waals surface area contributed by atoms with Crippen LogP contribution in [0.25, 0.3) is 0 Å². The molecule has 4 rings (SSSR count). The van der Waals surface area contributed by atoms with Crippen molar-refractivity contribution in [2.45, 2.75) is 19.5 Å². The molecule has 1 unspecified atom stereocenters. The van der Waals surface area contributed by atoms with Crippen molar-refractivity contribution >= 4 is 17.5 Å². The number of amides is 2. The number of carbonyl (C=O) groups excluding carboxylic acids is 2. The second-order valence-electron chi connectivity index (χ2n) is 6.70.